The van der Waals surface area contributed by atoms with E-state index < -0.39 is 37.7 Å². The first-order valence-electron chi connectivity index (χ1n) is 13.2. The smallest absolute Gasteiger partial charge is 0.415 e. The van der Waals surface area contributed by atoms with Gasteiger partial charge in [-0.15, -0.1) is 0 Å². The van der Waals surface area contributed by atoms with Crippen LogP contribution >= 0.6 is 0 Å². The first kappa shape index (κ1) is 29.5. The van der Waals surface area contributed by atoms with E-state index in [1.54, 1.807) is 48.5 Å². The topological polar surface area (TPSA) is 34.2 Å². The number of hydrogen-bond acceptors (Lipinski definition) is 5. The van der Waals surface area contributed by atoms with Crippen molar-refractivity contribution < 1.29 is 40.6 Å². The number of nitrogens with zero attached hydrogens (tertiary/aromatic N) is 2. The lowest BCUT2D eigenvalue weighted by atomic mass is 10.1. The maximum atomic E-state index is 14.0. The van der Waals surface area contributed by atoms with E-state index in [0.717, 1.165) is 0 Å². The van der Waals surface area contributed by atoms with Gasteiger partial charge in [0.1, 0.15) is 23.7 Å². The highest BCUT2D eigenvalue weighted by molar-refractivity contribution is 5.22. The monoisotopic (exact) mass is 560 g/mol. The average Bonchev–Trinajstić information content (AvgIpc) is 2.88. The van der Waals surface area contributed by atoms with E-state index in [4.69, 9.17) is 14.2 Å². The van der Waals surface area contributed by atoms with E-state index in [2.05, 4.69) is 0 Å². The van der Waals surface area contributed by atoms with Crippen LogP contribution in [0.1, 0.15) is 25.7 Å². The Bertz CT molecular complexity index is 913. The predicted octanol–water partition coefficient (Wildman–Crippen LogP) is 5.95. The second-order valence-electron chi connectivity index (χ2n) is 10.1. The van der Waals surface area contributed by atoms with Gasteiger partial charge in [-0.05, 0) is 63.0 Å². The van der Waals surface area contributed by atoms with Crippen LogP contribution in [-0.2, 0) is 4.74 Å². The summed E-state index contributed by atoms with van der Waals surface area (Å²) in [6, 6.07) is 17.8. The van der Waals surface area contributed by atoms with Gasteiger partial charge in [-0.2, -0.15) is 26.3 Å². The van der Waals surface area contributed by atoms with Crippen LogP contribution < -0.4 is 9.47 Å². The van der Waals surface area contributed by atoms with Gasteiger partial charge in [-0.25, -0.2) is 0 Å². The highest BCUT2D eigenvalue weighted by Crippen LogP contribution is 2.32. The molecule has 2 aromatic rings. The molecule has 5 nitrogen and oxygen atoms in total. The molecular formula is C28H34F6N2O3. The molecule has 0 aliphatic carbocycles. The number of para-hydroxylation sites is 2. The van der Waals surface area contributed by atoms with Crippen LogP contribution in [0.15, 0.2) is 60.7 Å². The summed E-state index contributed by atoms with van der Waals surface area (Å²) in [7, 11) is 0. The van der Waals surface area contributed by atoms with Gasteiger partial charge in [0.2, 0.25) is 0 Å². The largest absolute Gasteiger partial charge is 0.489 e. The third-order valence-electron chi connectivity index (χ3n) is 6.92. The second kappa shape index (κ2) is 13.2. The van der Waals surface area contributed by atoms with Gasteiger partial charge in [0.05, 0.1) is 0 Å². The lowest BCUT2D eigenvalue weighted by Crippen LogP contribution is -2.54. The average molecular weight is 561 g/mol. The van der Waals surface area contributed by atoms with Crippen LogP contribution in [-0.4, -0.2) is 85.8 Å². The van der Waals surface area contributed by atoms with Gasteiger partial charge in [0.15, 0.2) is 12.2 Å². The molecule has 0 N–H and O–H groups in total. The second-order valence-corrected chi connectivity index (χ2v) is 10.1. The molecule has 2 aliphatic heterocycles. The molecular weight excluding hydrogens is 526 g/mol. The minimum atomic E-state index is -4.96. The zero-order chi connectivity index (χ0) is 27.9. The van der Waals surface area contributed by atoms with E-state index in [-0.39, 0.29) is 25.3 Å². The lowest BCUT2D eigenvalue weighted by molar-refractivity contribution is -0.291. The molecule has 0 saturated carbocycles. The molecule has 2 fully saturated rings. The molecule has 39 heavy (non-hydrogen) atoms. The molecule has 4 atom stereocenters. The summed E-state index contributed by atoms with van der Waals surface area (Å²) in [5, 5.41) is 0. The van der Waals surface area contributed by atoms with Gasteiger partial charge in [0, 0.05) is 26.2 Å². The Hall–Kier alpha value is -2.50. The Balaban J connectivity index is 1.37. The third-order valence-corrected chi connectivity index (χ3v) is 6.92. The molecule has 11 heteroatoms. The molecule has 2 unspecified atom stereocenters. The van der Waals surface area contributed by atoms with Gasteiger partial charge in [-0.1, -0.05) is 36.4 Å². The van der Waals surface area contributed by atoms with Crippen molar-refractivity contribution in [2.75, 3.05) is 39.3 Å². The number of ether oxygens (including phenoxy) is 3. The molecule has 2 aliphatic rings. The van der Waals surface area contributed by atoms with E-state index in [0.29, 0.717) is 50.3 Å². The Kier molecular flexibility index (Phi) is 10.0. The summed E-state index contributed by atoms with van der Waals surface area (Å²) in [5.41, 5.74) is 0. The third kappa shape index (κ3) is 9.29. The number of rotatable bonds is 10. The molecule has 2 heterocycles. The predicted molar refractivity (Wildman–Crippen MR) is 134 cm³/mol. The summed E-state index contributed by atoms with van der Waals surface area (Å²) >= 11 is 0. The maximum absolute atomic E-state index is 14.0. The number of halogens is 6. The summed E-state index contributed by atoms with van der Waals surface area (Å²) in [6.07, 6.45) is -13.4. The van der Waals surface area contributed by atoms with Crippen molar-refractivity contribution in [1.29, 1.82) is 0 Å². The zero-order valence-electron chi connectivity index (χ0n) is 21.5. The molecule has 4 rings (SSSR count). The SMILES string of the molecule is FC(F)(F)[C@H](CN1CCCC(Oc2ccccc2)C1)O[C@@H](CN1CCCC(Oc2ccccc2)C1)C(F)(F)F. The van der Waals surface area contributed by atoms with Crippen molar-refractivity contribution in [1.82, 2.24) is 9.80 Å². The number of hydrogen-bond donors (Lipinski definition) is 0. The molecule has 0 radical (unpaired) electrons. The molecule has 0 bridgehead atoms. The summed E-state index contributed by atoms with van der Waals surface area (Å²) < 4.78 is 100. The standard InChI is InChI=1S/C28H34F6N2O3/c29-27(30,31)25(19-35-15-7-13-23(17-35)37-21-9-3-1-4-10-21)39-26(28(32,33)34)20-36-16-8-14-24(18-36)38-22-11-5-2-6-12-22/h1-6,9-12,23-26H,7-8,13-20H2/t23?,24?,25-,26-/m0/s1. The molecule has 0 spiro atoms. The quantitative estimate of drug-likeness (QED) is 0.336. The highest BCUT2D eigenvalue weighted by Gasteiger charge is 2.50. The van der Waals surface area contributed by atoms with E-state index in [9.17, 15) is 26.3 Å². The lowest BCUT2D eigenvalue weighted by Gasteiger charge is -2.38. The van der Waals surface area contributed by atoms with Gasteiger partial charge in [0.25, 0.3) is 0 Å². The minimum absolute atomic E-state index is 0.173. The van der Waals surface area contributed by atoms with Crippen molar-refractivity contribution in [3.05, 3.63) is 60.7 Å². The molecule has 216 valence electrons. The van der Waals surface area contributed by atoms with Crippen molar-refractivity contribution in [3.63, 3.8) is 0 Å². The fourth-order valence-corrected chi connectivity index (χ4v) is 5.05. The van der Waals surface area contributed by atoms with Crippen molar-refractivity contribution in [2.24, 2.45) is 0 Å². The molecule has 2 saturated heterocycles. The van der Waals surface area contributed by atoms with Crippen LogP contribution in [0.25, 0.3) is 0 Å². The highest BCUT2D eigenvalue weighted by atomic mass is 19.4. The number of alkyl halides is 6. The van der Waals surface area contributed by atoms with Crippen molar-refractivity contribution in [3.8, 4) is 11.5 Å². The Labute approximate surface area is 224 Å². The Morgan fingerprint density at radius 1 is 0.641 bits per heavy atom. The first-order valence-corrected chi connectivity index (χ1v) is 13.2. The Morgan fingerprint density at radius 2 is 1.03 bits per heavy atom. The van der Waals surface area contributed by atoms with E-state index in [1.807, 2.05) is 12.1 Å². The van der Waals surface area contributed by atoms with E-state index >= 15 is 0 Å². The first-order chi connectivity index (χ1) is 18.6. The molecule has 0 aromatic heterocycles. The van der Waals surface area contributed by atoms with Crippen LogP contribution in [0.5, 0.6) is 11.5 Å². The van der Waals surface area contributed by atoms with Crippen LogP contribution in [0, 0.1) is 0 Å². The summed E-state index contributed by atoms with van der Waals surface area (Å²) in [6.45, 7) is -0.384. The fraction of sp³-hybridized carbons (Fsp3) is 0.571. The maximum Gasteiger partial charge on any atom is 0.415 e. The van der Waals surface area contributed by atoms with Crippen molar-refractivity contribution >= 4 is 0 Å². The van der Waals surface area contributed by atoms with Crippen LogP contribution in [0.3, 0.4) is 0 Å². The van der Waals surface area contributed by atoms with Crippen molar-refractivity contribution in [2.45, 2.75) is 62.5 Å². The van der Waals surface area contributed by atoms with Crippen LogP contribution in [0.4, 0.5) is 26.3 Å². The normalized spacial score (nSPS) is 23.2. The van der Waals surface area contributed by atoms with E-state index in [1.165, 1.54) is 9.80 Å². The minimum Gasteiger partial charge on any atom is -0.489 e. The molecule has 2 aromatic carbocycles. The van der Waals surface area contributed by atoms with Gasteiger partial charge < -0.3 is 14.2 Å². The fourth-order valence-electron chi connectivity index (χ4n) is 5.05. The zero-order valence-corrected chi connectivity index (χ0v) is 21.5. The summed E-state index contributed by atoms with van der Waals surface area (Å²) in [4.78, 5) is 2.96. The number of likely N-dealkylation sites (tertiary alicyclic amines) is 2. The van der Waals surface area contributed by atoms with Gasteiger partial charge in [-0.3, -0.25) is 9.80 Å². The van der Waals surface area contributed by atoms with Gasteiger partial charge >= 0.3 is 12.4 Å². The number of piperidine rings is 2. The Morgan fingerprint density at radius 3 is 1.38 bits per heavy atom. The summed E-state index contributed by atoms with van der Waals surface area (Å²) in [5.74, 6) is 1.20. The van der Waals surface area contributed by atoms with Crippen LogP contribution in [0.2, 0.25) is 0 Å². The number of benzene rings is 2. The molecule has 0 amide bonds.